The molecule has 0 bridgehead atoms. The molecule has 0 amide bonds. The van der Waals surface area contributed by atoms with Crippen molar-refractivity contribution in [3.63, 3.8) is 0 Å². The van der Waals surface area contributed by atoms with Gasteiger partial charge in [0.1, 0.15) is 5.75 Å². The molecule has 0 saturated heterocycles. The summed E-state index contributed by atoms with van der Waals surface area (Å²) in [7, 11) is 0. The maximum atomic E-state index is 9.75. The second-order valence-corrected chi connectivity index (χ2v) is 4.19. The Morgan fingerprint density at radius 1 is 1.06 bits per heavy atom. The summed E-state index contributed by atoms with van der Waals surface area (Å²) >= 11 is 0. The number of hydrogen-bond donors (Lipinski definition) is 2. The first-order chi connectivity index (χ1) is 8.20. The summed E-state index contributed by atoms with van der Waals surface area (Å²) in [5.41, 5.74) is 10.00. The zero-order valence-electron chi connectivity index (χ0n) is 9.98. The van der Waals surface area contributed by atoms with Crippen molar-refractivity contribution in [3.05, 3.63) is 59.2 Å². The minimum Gasteiger partial charge on any atom is -0.508 e. The molecule has 3 N–H and O–H groups in total. The molecule has 17 heavy (non-hydrogen) atoms. The molecule has 0 saturated carbocycles. The molecule has 0 spiro atoms. The highest BCUT2D eigenvalue weighted by atomic mass is 16.3. The predicted molar refractivity (Wildman–Crippen MR) is 71.1 cm³/mol. The van der Waals surface area contributed by atoms with Crippen molar-refractivity contribution in [1.82, 2.24) is 0 Å². The van der Waals surface area contributed by atoms with E-state index in [4.69, 9.17) is 5.73 Å². The fourth-order valence-corrected chi connectivity index (χ4v) is 1.90. The molecule has 0 radical (unpaired) electrons. The van der Waals surface area contributed by atoms with Crippen molar-refractivity contribution in [3.8, 4) is 5.75 Å². The van der Waals surface area contributed by atoms with Crippen LogP contribution in [0.15, 0.2) is 42.5 Å². The highest BCUT2D eigenvalue weighted by Crippen LogP contribution is 2.23. The predicted octanol–water partition coefficient (Wildman–Crippen LogP) is 3.13. The molecule has 0 aliphatic carbocycles. The van der Waals surface area contributed by atoms with E-state index in [0.29, 0.717) is 12.2 Å². The van der Waals surface area contributed by atoms with Gasteiger partial charge in [-0.3, -0.25) is 0 Å². The molecule has 0 aliphatic rings. The summed E-state index contributed by atoms with van der Waals surface area (Å²) in [5, 5.41) is 9.75. The van der Waals surface area contributed by atoms with Gasteiger partial charge < -0.3 is 10.8 Å². The third-order valence-electron chi connectivity index (χ3n) is 2.99. The summed E-state index contributed by atoms with van der Waals surface area (Å²) in [6.07, 6.45) is 1.67. The lowest BCUT2D eigenvalue weighted by Crippen LogP contribution is -1.97. The van der Waals surface area contributed by atoms with E-state index in [-0.39, 0.29) is 0 Å². The molecule has 2 aromatic rings. The monoisotopic (exact) mass is 227 g/mol. The molecule has 2 rings (SSSR count). The summed E-state index contributed by atoms with van der Waals surface area (Å²) in [6.45, 7) is 2.12. The second-order valence-electron chi connectivity index (χ2n) is 4.19. The smallest absolute Gasteiger partial charge is 0.119 e. The van der Waals surface area contributed by atoms with Gasteiger partial charge in [-0.2, -0.15) is 0 Å². The van der Waals surface area contributed by atoms with Gasteiger partial charge in [-0.25, -0.2) is 0 Å². The van der Waals surface area contributed by atoms with Crippen LogP contribution in [0, 0.1) is 0 Å². The van der Waals surface area contributed by atoms with Crippen LogP contribution in [0.4, 0.5) is 5.69 Å². The van der Waals surface area contributed by atoms with E-state index in [1.54, 1.807) is 6.07 Å². The van der Waals surface area contributed by atoms with Crippen LogP contribution < -0.4 is 5.73 Å². The lowest BCUT2D eigenvalue weighted by molar-refractivity contribution is 0.469. The number of para-hydroxylation sites is 1. The van der Waals surface area contributed by atoms with Gasteiger partial charge in [0.15, 0.2) is 0 Å². The van der Waals surface area contributed by atoms with Crippen LogP contribution in [0.1, 0.15) is 23.6 Å². The van der Waals surface area contributed by atoms with Gasteiger partial charge >= 0.3 is 0 Å². The van der Waals surface area contributed by atoms with Gasteiger partial charge in [0.25, 0.3) is 0 Å². The van der Waals surface area contributed by atoms with Crippen LogP contribution in [0.25, 0.3) is 0 Å². The SMILES string of the molecule is CCc1ccc(N)c(Cc2ccccc2O)c1. The average molecular weight is 227 g/mol. The van der Waals surface area contributed by atoms with Gasteiger partial charge in [0, 0.05) is 12.1 Å². The number of benzene rings is 2. The van der Waals surface area contributed by atoms with Crippen LogP contribution >= 0.6 is 0 Å². The zero-order valence-corrected chi connectivity index (χ0v) is 9.98. The number of aryl methyl sites for hydroxylation is 1. The molecule has 0 heterocycles. The fourth-order valence-electron chi connectivity index (χ4n) is 1.90. The van der Waals surface area contributed by atoms with Crippen molar-refractivity contribution in [2.75, 3.05) is 5.73 Å². The van der Waals surface area contributed by atoms with E-state index >= 15 is 0 Å². The Balaban J connectivity index is 2.32. The first-order valence-electron chi connectivity index (χ1n) is 5.85. The Bertz CT molecular complexity index is 520. The Labute approximate surface area is 102 Å². The quantitative estimate of drug-likeness (QED) is 0.791. The zero-order chi connectivity index (χ0) is 12.3. The lowest BCUT2D eigenvalue weighted by atomic mass is 9.99. The number of phenols is 1. The Hall–Kier alpha value is -1.96. The number of nitrogens with two attached hydrogens (primary N) is 1. The lowest BCUT2D eigenvalue weighted by Gasteiger charge is -2.09. The number of aromatic hydroxyl groups is 1. The van der Waals surface area contributed by atoms with Crippen molar-refractivity contribution in [2.24, 2.45) is 0 Å². The van der Waals surface area contributed by atoms with E-state index in [1.165, 1.54) is 5.56 Å². The second kappa shape index (κ2) is 4.91. The molecule has 0 atom stereocenters. The van der Waals surface area contributed by atoms with E-state index in [1.807, 2.05) is 30.3 Å². The highest BCUT2D eigenvalue weighted by molar-refractivity contribution is 5.51. The maximum Gasteiger partial charge on any atom is 0.119 e. The number of phenolic OH excluding ortho intramolecular Hbond substituents is 1. The molecule has 0 aromatic heterocycles. The topological polar surface area (TPSA) is 46.2 Å². The van der Waals surface area contributed by atoms with Crippen LogP contribution in [0.5, 0.6) is 5.75 Å². The average Bonchev–Trinajstić information content (AvgIpc) is 2.35. The summed E-state index contributed by atoms with van der Waals surface area (Å²) in [5.74, 6) is 0.328. The van der Waals surface area contributed by atoms with Crippen molar-refractivity contribution >= 4 is 5.69 Å². The van der Waals surface area contributed by atoms with E-state index in [0.717, 1.165) is 23.2 Å². The van der Waals surface area contributed by atoms with Crippen molar-refractivity contribution < 1.29 is 5.11 Å². The molecule has 88 valence electrons. The van der Waals surface area contributed by atoms with Gasteiger partial charge in [0.2, 0.25) is 0 Å². The molecule has 0 fully saturated rings. The standard InChI is InChI=1S/C15H17NO/c1-2-11-7-8-14(16)13(9-11)10-12-5-3-4-6-15(12)17/h3-9,17H,2,10,16H2,1H3. The van der Waals surface area contributed by atoms with Gasteiger partial charge in [0.05, 0.1) is 0 Å². The van der Waals surface area contributed by atoms with Gasteiger partial charge in [-0.15, -0.1) is 0 Å². The molecular formula is C15H17NO. The Morgan fingerprint density at radius 2 is 1.82 bits per heavy atom. The van der Waals surface area contributed by atoms with Crippen molar-refractivity contribution in [2.45, 2.75) is 19.8 Å². The van der Waals surface area contributed by atoms with Crippen LogP contribution in [-0.4, -0.2) is 5.11 Å². The first kappa shape index (κ1) is 11.5. The number of anilines is 1. The van der Waals surface area contributed by atoms with E-state index < -0.39 is 0 Å². The van der Waals surface area contributed by atoms with Crippen LogP contribution in [0.2, 0.25) is 0 Å². The van der Waals surface area contributed by atoms with Gasteiger partial charge in [-0.1, -0.05) is 37.3 Å². The normalized spacial score (nSPS) is 10.4. The molecule has 2 aromatic carbocycles. The fraction of sp³-hybridized carbons (Fsp3) is 0.200. The summed E-state index contributed by atoms with van der Waals surface area (Å²) in [6, 6.07) is 13.5. The number of nitrogen functional groups attached to an aromatic ring is 1. The third kappa shape index (κ3) is 2.59. The molecule has 0 unspecified atom stereocenters. The summed E-state index contributed by atoms with van der Waals surface area (Å²) in [4.78, 5) is 0. The molecule has 2 nitrogen and oxygen atoms in total. The van der Waals surface area contributed by atoms with Crippen LogP contribution in [-0.2, 0) is 12.8 Å². The van der Waals surface area contributed by atoms with E-state index in [9.17, 15) is 5.11 Å². The number of rotatable bonds is 3. The summed E-state index contributed by atoms with van der Waals surface area (Å²) < 4.78 is 0. The van der Waals surface area contributed by atoms with Crippen LogP contribution in [0.3, 0.4) is 0 Å². The molecule has 2 heteroatoms. The third-order valence-corrected chi connectivity index (χ3v) is 2.99. The first-order valence-corrected chi connectivity index (χ1v) is 5.85. The molecular weight excluding hydrogens is 210 g/mol. The Morgan fingerprint density at radius 3 is 2.53 bits per heavy atom. The maximum absolute atomic E-state index is 9.75. The number of hydrogen-bond acceptors (Lipinski definition) is 2. The van der Waals surface area contributed by atoms with Crippen molar-refractivity contribution in [1.29, 1.82) is 0 Å². The highest BCUT2D eigenvalue weighted by Gasteiger charge is 2.05. The largest absolute Gasteiger partial charge is 0.508 e. The van der Waals surface area contributed by atoms with Gasteiger partial charge in [-0.05, 0) is 35.2 Å². The Kier molecular flexibility index (Phi) is 3.33. The minimum atomic E-state index is 0.328. The minimum absolute atomic E-state index is 0.328. The van der Waals surface area contributed by atoms with E-state index in [2.05, 4.69) is 13.0 Å². The molecule has 0 aliphatic heterocycles.